The average Bonchev–Trinajstić information content (AvgIpc) is 3.35. The van der Waals surface area contributed by atoms with Crippen LogP contribution in [0.4, 0.5) is 22.0 Å². The van der Waals surface area contributed by atoms with E-state index in [4.69, 9.17) is 10.5 Å². The summed E-state index contributed by atoms with van der Waals surface area (Å²) in [4.78, 5) is 52.1. The van der Waals surface area contributed by atoms with Crippen LogP contribution < -0.4 is 25.6 Å². The molecule has 1 aromatic carbocycles. The van der Waals surface area contributed by atoms with E-state index in [1.54, 1.807) is 35.5 Å². The van der Waals surface area contributed by atoms with Gasteiger partial charge in [0.05, 0.1) is 23.0 Å². The van der Waals surface area contributed by atoms with E-state index in [1.807, 2.05) is 30.3 Å². The summed E-state index contributed by atoms with van der Waals surface area (Å²) < 4.78 is 5.88. The molecule has 0 radical (unpaired) electrons. The van der Waals surface area contributed by atoms with Gasteiger partial charge in [-0.15, -0.1) is 11.3 Å². The summed E-state index contributed by atoms with van der Waals surface area (Å²) in [5.74, 6) is 0.710. The van der Waals surface area contributed by atoms with E-state index in [1.165, 1.54) is 22.3 Å². The van der Waals surface area contributed by atoms with Crippen molar-refractivity contribution >= 4 is 56.6 Å². The molecule has 1 aliphatic carbocycles. The summed E-state index contributed by atoms with van der Waals surface area (Å²) in [6.07, 6.45) is 7.20. The molecule has 4 aromatic rings. The van der Waals surface area contributed by atoms with Crippen LogP contribution in [0.25, 0.3) is 10.2 Å². The number of nitrogens with zero attached hydrogens (tertiary/aromatic N) is 4. The number of nitrogens with one attached hydrogen (secondary N) is 1. The number of urea groups is 1. The number of para-hydroxylation sites is 1. The molecule has 3 N–H and O–H groups in total. The van der Waals surface area contributed by atoms with E-state index < -0.39 is 5.91 Å². The first kappa shape index (κ1) is 25.5. The van der Waals surface area contributed by atoms with Gasteiger partial charge < -0.3 is 15.8 Å². The standard InChI is InChI=1S/C29H26N6O4S/c1-2-23(36)33-17-7-6-8-18(15-17)34-25-24-21(13-14-31-28(24)40-26(25)27(30)37)35(29(34)38)22-12-11-20(16-32-22)39-19-9-4-3-5-10-19/h2-5,9-14,16-18H,1,6-8,15H2,(H2,30,37)(H,33,36)/t17?,18-/m1/s1. The molecule has 11 heteroatoms. The quantitative estimate of drug-likeness (QED) is 0.299. The highest BCUT2D eigenvalue weighted by Crippen LogP contribution is 2.49. The number of thiophene rings is 1. The molecule has 4 amide bonds. The lowest BCUT2D eigenvalue weighted by atomic mass is 9.89. The number of carbonyl (C=O) groups excluding carboxylic acids is 3. The summed E-state index contributed by atoms with van der Waals surface area (Å²) in [5.41, 5.74) is 6.84. The van der Waals surface area contributed by atoms with E-state index in [9.17, 15) is 14.4 Å². The first-order valence-electron chi connectivity index (χ1n) is 12.9. The van der Waals surface area contributed by atoms with Gasteiger partial charge in [-0.1, -0.05) is 24.8 Å². The minimum absolute atomic E-state index is 0.139. The number of hydrogen-bond donors (Lipinski definition) is 2. The Bertz CT molecular complexity index is 1620. The Morgan fingerprint density at radius 1 is 1.10 bits per heavy atom. The third kappa shape index (κ3) is 4.54. The van der Waals surface area contributed by atoms with Gasteiger partial charge in [0.25, 0.3) is 5.91 Å². The number of aromatic nitrogens is 2. The lowest BCUT2D eigenvalue weighted by Crippen LogP contribution is -2.53. The van der Waals surface area contributed by atoms with Crippen LogP contribution in [-0.2, 0) is 4.79 Å². The summed E-state index contributed by atoms with van der Waals surface area (Å²) in [6.45, 7) is 3.54. The smallest absolute Gasteiger partial charge is 0.335 e. The Labute approximate surface area is 234 Å². The molecule has 1 unspecified atom stereocenters. The lowest BCUT2D eigenvalue weighted by molar-refractivity contribution is -0.117. The fourth-order valence-electron chi connectivity index (χ4n) is 5.42. The monoisotopic (exact) mass is 554 g/mol. The molecule has 1 aliphatic heterocycles. The fourth-order valence-corrected chi connectivity index (χ4v) is 6.43. The van der Waals surface area contributed by atoms with Gasteiger partial charge in [-0.2, -0.15) is 0 Å². The van der Waals surface area contributed by atoms with Crippen LogP contribution in [0.1, 0.15) is 35.4 Å². The van der Waals surface area contributed by atoms with Gasteiger partial charge >= 0.3 is 6.03 Å². The highest BCUT2D eigenvalue weighted by atomic mass is 32.1. The minimum atomic E-state index is -0.622. The zero-order valence-corrected chi connectivity index (χ0v) is 22.3. The number of hydrogen-bond acceptors (Lipinski definition) is 7. The van der Waals surface area contributed by atoms with Crippen molar-refractivity contribution in [3.63, 3.8) is 0 Å². The van der Waals surface area contributed by atoms with Crippen LogP contribution in [0, 0.1) is 0 Å². The van der Waals surface area contributed by atoms with Crippen molar-refractivity contribution < 1.29 is 19.1 Å². The van der Waals surface area contributed by atoms with Gasteiger partial charge in [0.15, 0.2) is 0 Å². The molecule has 2 atom stereocenters. The maximum absolute atomic E-state index is 14.4. The van der Waals surface area contributed by atoms with Crippen LogP contribution >= 0.6 is 11.3 Å². The van der Waals surface area contributed by atoms with E-state index in [2.05, 4.69) is 21.9 Å². The van der Waals surface area contributed by atoms with Crippen LogP contribution in [0.2, 0.25) is 0 Å². The van der Waals surface area contributed by atoms with Crippen molar-refractivity contribution in [2.45, 2.75) is 37.8 Å². The molecule has 0 spiro atoms. The number of pyridine rings is 2. The fraction of sp³-hybridized carbons (Fsp3) is 0.207. The van der Waals surface area contributed by atoms with Crippen molar-refractivity contribution in [1.82, 2.24) is 15.3 Å². The van der Waals surface area contributed by atoms with Gasteiger partial charge in [-0.25, -0.2) is 19.7 Å². The zero-order valence-electron chi connectivity index (χ0n) is 21.4. The topological polar surface area (TPSA) is 131 Å². The molecule has 202 valence electrons. The Morgan fingerprint density at radius 3 is 2.65 bits per heavy atom. The number of primary amides is 1. The normalized spacial score (nSPS) is 18.4. The summed E-state index contributed by atoms with van der Waals surface area (Å²) in [6, 6.07) is 13.8. The molecule has 3 aromatic heterocycles. The number of ether oxygens (including phenoxy) is 1. The second kappa shape index (κ2) is 10.4. The van der Waals surface area contributed by atoms with Gasteiger partial charge in [0, 0.05) is 18.3 Å². The van der Waals surface area contributed by atoms with Gasteiger partial charge in [-0.3, -0.25) is 14.5 Å². The SMILES string of the molecule is C=CC(=O)NC1CCC[C@@H](N2C(=O)N(c3ccc(Oc4ccccc4)cn3)c3ccnc4sc(C(N)=O)c2c34)C1. The van der Waals surface area contributed by atoms with Crippen LogP contribution in [-0.4, -0.2) is 39.9 Å². The van der Waals surface area contributed by atoms with Crippen molar-refractivity contribution in [1.29, 1.82) is 0 Å². The van der Waals surface area contributed by atoms with Gasteiger partial charge in [0.1, 0.15) is 27.0 Å². The maximum Gasteiger partial charge on any atom is 0.335 e. The second-order valence-electron chi connectivity index (χ2n) is 9.64. The Morgan fingerprint density at radius 2 is 1.93 bits per heavy atom. The van der Waals surface area contributed by atoms with Crippen LogP contribution in [0.15, 0.2) is 73.6 Å². The van der Waals surface area contributed by atoms with E-state index in [0.717, 1.165) is 12.8 Å². The van der Waals surface area contributed by atoms with Crippen LogP contribution in [0.3, 0.4) is 0 Å². The van der Waals surface area contributed by atoms with Gasteiger partial charge in [0.2, 0.25) is 5.91 Å². The molecule has 40 heavy (non-hydrogen) atoms. The highest BCUT2D eigenvalue weighted by Gasteiger charge is 2.43. The van der Waals surface area contributed by atoms with Crippen molar-refractivity contribution in [3.05, 3.63) is 78.5 Å². The first-order chi connectivity index (χ1) is 19.4. The van der Waals surface area contributed by atoms with Gasteiger partial charge in [-0.05, 0) is 62.1 Å². The molecular weight excluding hydrogens is 528 g/mol. The molecular formula is C29H26N6O4S. The van der Waals surface area contributed by atoms with E-state index >= 15 is 0 Å². The molecule has 10 nitrogen and oxygen atoms in total. The molecule has 6 rings (SSSR count). The Hall–Kier alpha value is -4.77. The highest BCUT2D eigenvalue weighted by molar-refractivity contribution is 7.21. The number of carbonyl (C=O) groups is 3. The molecule has 0 bridgehead atoms. The largest absolute Gasteiger partial charge is 0.456 e. The third-order valence-electron chi connectivity index (χ3n) is 7.12. The molecule has 1 fully saturated rings. The number of nitrogens with two attached hydrogens (primary N) is 1. The predicted molar refractivity (Wildman–Crippen MR) is 153 cm³/mol. The second-order valence-corrected chi connectivity index (χ2v) is 10.6. The Balaban J connectivity index is 1.42. The average molecular weight is 555 g/mol. The summed E-state index contributed by atoms with van der Waals surface area (Å²) >= 11 is 1.17. The van der Waals surface area contributed by atoms with Crippen molar-refractivity contribution in [3.8, 4) is 11.5 Å². The van der Waals surface area contributed by atoms with E-state index in [0.29, 0.717) is 51.7 Å². The minimum Gasteiger partial charge on any atom is -0.456 e. The number of anilines is 3. The number of benzene rings is 1. The van der Waals surface area contributed by atoms with Crippen LogP contribution in [0.5, 0.6) is 11.5 Å². The van der Waals surface area contributed by atoms with E-state index in [-0.39, 0.29) is 28.9 Å². The lowest BCUT2D eigenvalue weighted by Gasteiger charge is -2.42. The zero-order chi connectivity index (χ0) is 27.8. The molecule has 0 saturated heterocycles. The molecule has 1 saturated carbocycles. The maximum atomic E-state index is 14.4. The predicted octanol–water partition coefficient (Wildman–Crippen LogP) is 5.27. The van der Waals surface area contributed by atoms with Crippen molar-refractivity contribution in [2.75, 3.05) is 9.80 Å². The Kier molecular flexibility index (Phi) is 6.64. The molecule has 4 heterocycles. The first-order valence-corrected chi connectivity index (χ1v) is 13.7. The third-order valence-corrected chi connectivity index (χ3v) is 8.22. The number of amides is 4. The summed E-state index contributed by atoms with van der Waals surface area (Å²) in [7, 11) is 0. The number of rotatable bonds is 7. The molecule has 2 aliphatic rings. The van der Waals surface area contributed by atoms with Crippen molar-refractivity contribution in [2.24, 2.45) is 5.73 Å². The summed E-state index contributed by atoms with van der Waals surface area (Å²) in [5, 5.41) is 3.63.